The van der Waals surface area contributed by atoms with Crippen molar-refractivity contribution in [2.75, 3.05) is 4.90 Å². The molecular weight excluding hydrogens is 611 g/mol. The normalized spacial score (nSPS) is 11.6. The quantitative estimate of drug-likeness (QED) is 0.170. The van der Waals surface area contributed by atoms with Crippen molar-refractivity contribution >= 4 is 72.7 Å². The summed E-state index contributed by atoms with van der Waals surface area (Å²) in [6.45, 7) is 0. The Morgan fingerprint density at radius 2 is 0.956 bits per heavy atom. The maximum atomic E-state index is 2.42. The van der Waals surface area contributed by atoms with Crippen LogP contribution in [-0.2, 0) is 0 Å². The van der Waals surface area contributed by atoms with Crippen molar-refractivity contribution < 1.29 is 0 Å². The molecule has 9 rings (SSSR count). The Morgan fingerprint density at radius 1 is 0.378 bits per heavy atom. The van der Waals surface area contributed by atoms with E-state index in [0.717, 1.165) is 11.4 Å². The van der Waals surface area contributed by atoms with Crippen LogP contribution in [-0.4, -0.2) is 19.1 Å². The van der Waals surface area contributed by atoms with E-state index in [1.807, 2.05) is 0 Å². The molecule has 0 amide bonds. The monoisotopic (exact) mass is 640 g/mol. The van der Waals surface area contributed by atoms with Crippen LogP contribution in [0.15, 0.2) is 170 Å². The summed E-state index contributed by atoms with van der Waals surface area (Å²) >= 11 is 0.290. The van der Waals surface area contributed by atoms with Crippen molar-refractivity contribution in [2.24, 2.45) is 0 Å². The summed E-state index contributed by atoms with van der Waals surface area (Å²) in [7, 11) is 0. The van der Waals surface area contributed by atoms with Crippen LogP contribution in [0, 0.1) is 0 Å². The topological polar surface area (TPSA) is 8.17 Å². The van der Waals surface area contributed by atoms with Gasteiger partial charge in [0, 0.05) is 0 Å². The van der Waals surface area contributed by atoms with E-state index >= 15 is 0 Å². The molecule has 0 bridgehead atoms. The fraction of sp³-hybridized carbons (Fsp3) is 0. The number of benzene rings is 7. The average Bonchev–Trinajstić information content (AvgIpc) is 3.65. The third kappa shape index (κ3) is 4.40. The Labute approximate surface area is 267 Å². The van der Waals surface area contributed by atoms with Crippen LogP contribution in [0.5, 0.6) is 0 Å². The molecule has 0 atom stereocenters. The Balaban J connectivity index is 1.25. The van der Waals surface area contributed by atoms with Gasteiger partial charge >= 0.3 is 263 Å². The van der Waals surface area contributed by atoms with Crippen LogP contribution in [0.2, 0.25) is 0 Å². The molecule has 0 saturated heterocycles. The van der Waals surface area contributed by atoms with Gasteiger partial charge < -0.3 is 0 Å². The number of nitrogens with zero attached hydrogens (tertiary/aromatic N) is 2. The summed E-state index contributed by atoms with van der Waals surface area (Å²) in [4.78, 5) is 2.42. The fourth-order valence-electron chi connectivity index (χ4n) is 6.69. The zero-order valence-corrected chi connectivity index (χ0v) is 26.2. The standard InChI is InChI=1S/C42H28N2Se/c1-3-11-29(12-4-1)30-19-21-32(22-20-30)43(34-23-25-37-36-16-8-10-18-41(36)45-42(37)28-34)33-24-26-40-38(27-33)35-15-7-9-17-39(35)44(40)31-13-5-2-6-14-31/h1-28H. The predicted molar refractivity (Wildman–Crippen MR) is 193 cm³/mol. The Bertz CT molecular complexity index is 2470. The van der Waals surface area contributed by atoms with Crippen LogP contribution in [0.3, 0.4) is 0 Å². The molecule has 0 fully saturated rings. The maximum absolute atomic E-state index is 2.42. The molecule has 0 aliphatic carbocycles. The van der Waals surface area contributed by atoms with Gasteiger partial charge in [-0.15, -0.1) is 0 Å². The molecule has 3 heteroatoms. The summed E-state index contributed by atoms with van der Waals surface area (Å²) in [5, 5.41) is 5.25. The first kappa shape index (κ1) is 26.1. The van der Waals surface area contributed by atoms with E-state index in [4.69, 9.17) is 0 Å². The number of fused-ring (bicyclic) bond motifs is 6. The molecule has 0 saturated carbocycles. The van der Waals surface area contributed by atoms with Gasteiger partial charge in [0.15, 0.2) is 0 Å². The number of para-hydroxylation sites is 2. The summed E-state index contributed by atoms with van der Waals surface area (Å²) in [5.74, 6) is 0. The molecule has 2 aromatic heterocycles. The van der Waals surface area contributed by atoms with Crippen LogP contribution in [0.4, 0.5) is 17.1 Å². The van der Waals surface area contributed by atoms with Crippen molar-refractivity contribution in [1.29, 1.82) is 0 Å². The van der Waals surface area contributed by atoms with E-state index in [1.54, 1.807) is 0 Å². The first-order valence-corrected chi connectivity index (χ1v) is 17.0. The van der Waals surface area contributed by atoms with Crippen LogP contribution >= 0.6 is 0 Å². The molecule has 2 heterocycles. The number of hydrogen-bond acceptors (Lipinski definition) is 1. The van der Waals surface area contributed by atoms with E-state index in [9.17, 15) is 0 Å². The van der Waals surface area contributed by atoms with E-state index in [-0.39, 0.29) is 14.5 Å². The van der Waals surface area contributed by atoms with Crippen molar-refractivity contribution in [3.63, 3.8) is 0 Å². The predicted octanol–water partition coefficient (Wildman–Crippen LogP) is 11.3. The van der Waals surface area contributed by atoms with Crippen LogP contribution < -0.4 is 4.90 Å². The average molecular weight is 640 g/mol. The Morgan fingerprint density at radius 3 is 1.78 bits per heavy atom. The van der Waals surface area contributed by atoms with Gasteiger partial charge in [-0.3, -0.25) is 0 Å². The zero-order valence-electron chi connectivity index (χ0n) is 24.5. The van der Waals surface area contributed by atoms with E-state index in [0.29, 0.717) is 0 Å². The molecule has 2 nitrogen and oxygen atoms in total. The minimum absolute atomic E-state index is 0.290. The molecule has 9 aromatic rings. The van der Waals surface area contributed by atoms with Crippen molar-refractivity contribution in [3.8, 4) is 16.8 Å². The molecule has 212 valence electrons. The molecule has 0 spiro atoms. The van der Waals surface area contributed by atoms with Gasteiger partial charge in [-0.2, -0.15) is 0 Å². The summed E-state index contributed by atoms with van der Waals surface area (Å²) < 4.78 is 5.28. The zero-order chi connectivity index (χ0) is 29.7. The van der Waals surface area contributed by atoms with Gasteiger partial charge in [-0.25, -0.2) is 0 Å². The second-order valence-electron chi connectivity index (χ2n) is 11.4. The number of anilines is 3. The molecule has 0 N–H and O–H groups in total. The molecule has 45 heavy (non-hydrogen) atoms. The van der Waals surface area contributed by atoms with Crippen molar-refractivity contribution in [2.45, 2.75) is 0 Å². The van der Waals surface area contributed by atoms with E-state index in [1.165, 1.54) is 63.6 Å². The number of aromatic nitrogens is 1. The SMILES string of the molecule is c1ccc(-c2ccc(N(c3ccc4c(c3)[se]c3ccccc34)c3ccc4c(c3)c3ccccc3n4-c3ccccc3)cc2)cc1. The van der Waals surface area contributed by atoms with Gasteiger partial charge in [0.05, 0.1) is 0 Å². The molecule has 7 aromatic carbocycles. The van der Waals surface area contributed by atoms with Gasteiger partial charge in [0.1, 0.15) is 0 Å². The Hall–Kier alpha value is -5.34. The molecule has 0 aliphatic heterocycles. The van der Waals surface area contributed by atoms with Crippen molar-refractivity contribution in [3.05, 3.63) is 170 Å². The summed E-state index contributed by atoms with van der Waals surface area (Å²) in [6, 6.07) is 61.8. The van der Waals surface area contributed by atoms with Crippen LogP contribution in [0.25, 0.3) is 57.9 Å². The first-order valence-electron chi connectivity index (χ1n) is 15.3. The van der Waals surface area contributed by atoms with Crippen molar-refractivity contribution in [1.82, 2.24) is 4.57 Å². The van der Waals surface area contributed by atoms with E-state index in [2.05, 4.69) is 179 Å². The third-order valence-corrected chi connectivity index (χ3v) is 11.2. The molecular formula is C42H28N2Se. The van der Waals surface area contributed by atoms with Crippen LogP contribution in [0.1, 0.15) is 0 Å². The molecule has 0 unspecified atom stereocenters. The van der Waals surface area contributed by atoms with Gasteiger partial charge in [0.25, 0.3) is 0 Å². The third-order valence-electron chi connectivity index (χ3n) is 8.78. The number of rotatable bonds is 5. The fourth-order valence-corrected chi connectivity index (χ4v) is 9.08. The van der Waals surface area contributed by atoms with Gasteiger partial charge in [0.2, 0.25) is 0 Å². The molecule has 0 radical (unpaired) electrons. The first-order chi connectivity index (χ1) is 22.3. The Kier molecular flexibility index (Phi) is 6.19. The summed E-state index contributed by atoms with van der Waals surface area (Å²) in [5.41, 5.74) is 9.51. The van der Waals surface area contributed by atoms with Gasteiger partial charge in [-0.1, -0.05) is 6.07 Å². The second kappa shape index (κ2) is 10.7. The number of hydrogen-bond donors (Lipinski definition) is 0. The molecule has 0 aliphatic rings. The van der Waals surface area contributed by atoms with E-state index < -0.39 is 0 Å². The second-order valence-corrected chi connectivity index (χ2v) is 13.7. The van der Waals surface area contributed by atoms with Gasteiger partial charge in [-0.05, 0) is 0 Å². The summed E-state index contributed by atoms with van der Waals surface area (Å²) in [6.07, 6.45) is 0. The minimum atomic E-state index is 0.290.